The van der Waals surface area contributed by atoms with E-state index in [1.54, 1.807) is 12.1 Å². The lowest BCUT2D eigenvalue weighted by atomic mass is 10.2. The van der Waals surface area contributed by atoms with E-state index >= 15 is 0 Å². The van der Waals surface area contributed by atoms with Crippen LogP contribution in [0.25, 0.3) is 0 Å². The van der Waals surface area contributed by atoms with Gasteiger partial charge in [-0.1, -0.05) is 12.1 Å². The number of nitro groups is 1. The molecule has 0 unspecified atom stereocenters. The molecule has 0 aliphatic heterocycles. The maximum atomic E-state index is 10.5. The van der Waals surface area contributed by atoms with Gasteiger partial charge in [0.2, 0.25) is 0 Å². The molecule has 1 aromatic rings. The van der Waals surface area contributed by atoms with Gasteiger partial charge in [-0.3, -0.25) is 10.1 Å². The maximum Gasteiger partial charge on any atom is 0.269 e. The fourth-order valence-electron chi connectivity index (χ4n) is 1.52. The molecule has 1 fully saturated rings. The van der Waals surface area contributed by atoms with E-state index in [-0.39, 0.29) is 10.6 Å². The number of nitrogens with one attached hydrogen (secondary N) is 1. The first kappa shape index (κ1) is 10.1. The summed E-state index contributed by atoms with van der Waals surface area (Å²) in [4.78, 5) is 10.2. The van der Waals surface area contributed by atoms with Crippen LogP contribution in [0.4, 0.5) is 5.69 Å². The largest absolute Gasteiger partial charge is 0.312 e. The smallest absolute Gasteiger partial charge is 0.269 e. The second-order valence-electron chi connectivity index (χ2n) is 4.00. The van der Waals surface area contributed by atoms with Gasteiger partial charge in [-0.2, -0.15) is 0 Å². The zero-order chi connectivity index (χ0) is 10.7. The Labute approximate surface area is 88.5 Å². The number of hydrogen-bond donors (Lipinski definition) is 1. The molecular weight excluding hydrogens is 192 g/mol. The zero-order valence-corrected chi connectivity index (χ0v) is 8.48. The topological polar surface area (TPSA) is 55.2 Å². The molecular formula is C11H14N2O2. The highest BCUT2D eigenvalue weighted by Gasteiger charge is 2.20. The second kappa shape index (κ2) is 4.40. The highest BCUT2D eigenvalue weighted by molar-refractivity contribution is 5.34. The van der Waals surface area contributed by atoms with E-state index < -0.39 is 0 Å². The predicted octanol–water partition coefficient (Wildman–Crippen LogP) is 2.09. The molecule has 80 valence electrons. The quantitative estimate of drug-likeness (QED) is 0.593. The van der Waals surface area contributed by atoms with Gasteiger partial charge in [-0.05, 0) is 30.9 Å². The van der Waals surface area contributed by atoms with Gasteiger partial charge >= 0.3 is 0 Å². The van der Waals surface area contributed by atoms with Gasteiger partial charge in [-0.15, -0.1) is 0 Å². The van der Waals surface area contributed by atoms with E-state index in [0.717, 1.165) is 24.6 Å². The van der Waals surface area contributed by atoms with Crippen LogP contribution in [0.1, 0.15) is 18.4 Å². The minimum Gasteiger partial charge on any atom is -0.312 e. The van der Waals surface area contributed by atoms with Gasteiger partial charge in [0.25, 0.3) is 5.69 Å². The van der Waals surface area contributed by atoms with Crippen LogP contribution in [0, 0.1) is 16.0 Å². The van der Waals surface area contributed by atoms with Crippen LogP contribution >= 0.6 is 0 Å². The molecule has 0 radical (unpaired) electrons. The Bertz CT molecular complexity index is 361. The van der Waals surface area contributed by atoms with Crippen molar-refractivity contribution < 1.29 is 4.92 Å². The summed E-state index contributed by atoms with van der Waals surface area (Å²) in [5, 5.41) is 13.8. The second-order valence-corrected chi connectivity index (χ2v) is 4.00. The summed E-state index contributed by atoms with van der Waals surface area (Å²) in [7, 11) is 0. The highest BCUT2D eigenvalue weighted by Crippen LogP contribution is 2.27. The molecule has 1 aliphatic carbocycles. The molecule has 0 aromatic heterocycles. The lowest BCUT2D eigenvalue weighted by Gasteiger charge is -2.03. The molecule has 1 N–H and O–H groups in total. The number of nitro benzene ring substituents is 1. The van der Waals surface area contributed by atoms with Crippen molar-refractivity contribution in [2.24, 2.45) is 5.92 Å². The van der Waals surface area contributed by atoms with Gasteiger partial charge in [0, 0.05) is 18.7 Å². The van der Waals surface area contributed by atoms with Crippen LogP contribution in [-0.2, 0) is 6.54 Å². The Kier molecular flexibility index (Phi) is 2.97. The van der Waals surface area contributed by atoms with E-state index in [0.29, 0.717) is 0 Å². The van der Waals surface area contributed by atoms with Crippen LogP contribution in [0.15, 0.2) is 24.3 Å². The molecule has 0 atom stereocenters. The Balaban J connectivity index is 1.88. The standard InChI is InChI=1S/C11H14N2O2/c14-13(15)11-3-1-2-10(6-11)8-12-7-9-4-5-9/h1-3,6,9,12H,4-5,7-8H2. The summed E-state index contributed by atoms with van der Waals surface area (Å²) in [6, 6.07) is 6.78. The number of non-ortho nitro benzene ring substituents is 1. The summed E-state index contributed by atoms with van der Waals surface area (Å²) >= 11 is 0. The van der Waals surface area contributed by atoms with E-state index in [1.807, 2.05) is 6.07 Å². The molecule has 0 amide bonds. The minimum atomic E-state index is -0.357. The number of rotatable bonds is 5. The fraction of sp³-hybridized carbons (Fsp3) is 0.455. The third-order valence-electron chi connectivity index (χ3n) is 2.58. The lowest BCUT2D eigenvalue weighted by molar-refractivity contribution is -0.384. The highest BCUT2D eigenvalue weighted by atomic mass is 16.6. The van der Waals surface area contributed by atoms with Crippen LogP contribution in [0.2, 0.25) is 0 Å². The first-order chi connectivity index (χ1) is 7.25. The molecule has 0 bridgehead atoms. The monoisotopic (exact) mass is 206 g/mol. The molecule has 4 heteroatoms. The van der Waals surface area contributed by atoms with E-state index in [2.05, 4.69) is 5.32 Å². The summed E-state index contributed by atoms with van der Waals surface area (Å²) in [6.07, 6.45) is 2.64. The average molecular weight is 206 g/mol. The fourth-order valence-corrected chi connectivity index (χ4v) is 1.52. The van der Waals surface area contributed by atoms with Gasteiger partial charge in [-0.25, -0.2) is 0 Å². The molecule has 1 aliphatic rings. The minimum absolute atomic E-state index is 0.167. The molecule has 15 heavy (non-hydrogen) atoms. The third kappa shape index (κ3) is 3.02. The normalized spacial score (nSPS) is 15.2. The van der Waals surface area contributed by atoms with Crippen molar-refractivity contribution in [3.05, 3.63) is 39.9 Å². The first-order valence-electron chi connectivity index (χ1n) is 5.20. The van der Waals surface area contributed by atoms with Crippen molar-refractivity contribution in [2.45, 2.75) is 19.4 Å². The van der Waals surface area contributed by atoms with Crippen molar-refractivity contribution in [2.75, 3.05) is 6.54 Å². The van der Waals surface area contributed by atoms with Gasteiger partial charge in [0.05, 0.1) is 4.92 Å². The Morgan fingerprint density at radius 3 is 2.93 bits per heavy atom. The van der Waals surface area contributed by atoms with E-state index in [1.165, 1.54) is 18.9 Å². The molecule has 2 rings (SSSR count). The van der Waals surface area contributed by atoms with Crippen LogP contribution in [0.3, 0.4) is 0 Å². The van der Waals surface area contributed by atoms with Gasteiger partial charge in [0.1, 0.15) is 0 Å². The van der Waals surface area contributed by atoms with Crippen LogP contribution in [-0.4, -0.2) is 11.5 Å². The summed E-state index contributed by atoms with van der Waals surface area (Å²) in [6.45, 7) is 1.75. The predicted molar refractivity (Wildman–Crippen MR) is 57.5 cm³/mol. The van der Waals surface area contributed by atoms with Crippen molar-refractivity contribution in [3.63, 3.8) is 0 Å². The molecule has 0 spiro atoms. The van der Waals surface area contributed by atoms with Crippen LogP contribution < -0.4 is 5.32 Å². The van der Waals surface area contributed by atoms with Crippen LogP contribution in [0.5, 0.6) is 0 Å². The Hall–Kier alpha value is -1.42. The maximum absolute atomic E-state index is 10.5. The first-order valence-corrected chi connectivity index (χ1v) is 5.20. The number of nitrogens with zero attached hydrogens (tertiary/aromatic N) is 1. The SMILES string of the molecule is O=[N+]([O-])c1cccc(CNCC2CC2)c1. The molecule has 0 heterocycles. The van der Waals surface area contributed by atoms with Gasteiger partial charge in [0.15, 0.2) is 0 Å². The Morgan fingerprint density at radius 1 is 1.47 bits per heavy atom. The summed E-state index contributed by atoms with van der Waals surface area (Å²) in [5.74, 6) is 0.837. The lowest BCUT2D eigenvalue weighted by Crippen LogP contribution is -2.16. The Morgan fingerprint density at radius 2 is 2.27 bits per heavy atom. The third-order valence-corrected chi connectivity index (χ3v) is 2.58. The van der Waals surface area contributed by atoms with E-state index in [9.17, 15) is 10.1 Å². The molecule has 1 saturated carbocycles. The van der Waals surface area contributed by atoms with Crippen molar-refractivity contribution >= 4 is 5.69 Å². The van der Waals surface area contributed by atoms with Crippen molar-refractivity contribution in [3.8, 4) is 0 Å². The average Bonchev–Trinajstić information content (AvgIpc) is 3.02. The summed E-state index contributed by atoms with van der Waals surface area (Å²) < 4.78 is 0. The van der Waals surface area contributed by atoms with Gasteiger partial charge < -0.3 is 5.32 Å². The van der Waals surface area contributed by atoms with E-state index in [4.69, 9.17) is 0 Å². The molecule has 0 saturated heterocycles. The van der Waals surface area contributed by atoms with Crippen molar-refractivity contribution in [1.82, 2.24) is 5.32 Å². The number of hydrogen-bond acceptors (Lipinski definition) is 3. The number of benzene rings is 1. The zero-order valence-electron chi connectivity index (χ0n) is 8.48. The van der Waals surface area contributed by atoms with Crippen molar-refractivity contribution in [1.29, 1.82) is 0 Å². The summed E-state index contributed by atoms with van der Waals surface area (Å²) in [5.41, 5.74) is 1.14. The molecule has 4 nitrogen and oxygen atoms in total. The molecule has 1 aromatic carbocycles.